The summed E-state index contributed by atoms with van der Waals surface area (Å²) in [5.74, 6) is 0.498. The average Bonchev–Trinajstić information content (AvgIpc) is 2.88. The zero-order valence-corrected chi connectivity index (χ0v) is 22.6. The Balaban J connectivity index is 3.56. The Labute approximate surface area is 226 Å². The molecule has 0 amide bonds. The van der Waals surface area contributed by atoms with Crippen LogP contribution in [0.2, 0.25) is 0 Å². The molecule has 0 aliphatic carbocycles. The van der Waals surface area contributed by atoms with E-state index in [-0.39, 0.29) is 38.8 Å². The second kappa shape index (κ2) is 24.8. The van der Waals surface area contributed by atoms with Gasteiger partial charge in [-0.05, 0) is 35.2 Å². The van der Waals surface area contributed by atoms with E-state index in [1.165, 1.54) is 31.0 Å². The normalized spacial score (nSPS) is 10.6. The van der Waals surface area contributed by atoms with Crippen molar-refractivity contribution in [2.24, 2.45) is 0 Å². The summed E-state index contributed by atoms with van der Waals surface area (Å²) in [7, 11) is 1.35. The molecule has 0 aliphatic rings. The smallest absolute Gasteiger partial charge is 0.384 e. The minimum Gasteiger partial charge on any atom is -0.466 e. The maximum absolute atomic E-state index is 11.6. The minimum absolute atomic E-state index is 0.0000282. The second-order valence-corrected chi connectivity index (χ2v) is 9.08. The van der Waals surface area contributed by atoms with Crippen molar-refractivity contribution >= 4 is 53.4 Å². The van der Waals surface area contributed by atoms with Crippen LogP contribution in [0, 0.1) is 12.3 Å². The zero-order valence-electron chi connectivity index (χ0n) is 21.0. The van der Waals surface area contributed by atoms with Crippen LogP contribution in [0.5, 0.6) is 0 Å². The van der Waals surface area contributed by atoms with Crippen molar-refractivity contribution in [2.75, 3.05) is 45.0 Å². The monoisotopic (exact) mass is 558 g/mol. The first-order chi connectivity index (χ1) is 17.9. The lowest BCUT2D eigenvalue weighted by Gasteiger charge is -2.06. The lowest BCUT2D eigenvalue weighted by Crippen LogP contribution is -2.16. The summed E-state index contributed by atoms with van der Waals surface area (Å²) < 4.78 is 23.8. The number of rotatable bonds is 21. The molecular formula is C25H34O10S2. The van der Waals surface area contributed by atoms with Gasteiger partial charge in [0.05, 0.1) is 33.5 Å². The Bertz CT molecular complexity index is 802. The molecule has 12 heteroatoms. The molecule has 0 heterocycles. The van der Waals surface area contributed by atoms with Crippen LogP contribution in [0.15, 0.2) is 23.0 Å². The molecule has 0 radical (unpaired) electrons. The van der Waals surface area contributed by atoms with Gasteiger partial charge in [0.15, 0.2) is 0 Å². The van der Waals surface area contributed by atoms with Gasteiger partial charge in [0, 0.05) is 30.9 Å². The van der Waals surface area contributed by atoms with Crippen molar-refractivity contribution in [3.05, 3.63) is 23.0 Å². The summed E-state index contributed by atoms with van der Waals surface area (Å²) >= 11 is 3.11. The molecule has 37 heavy (non-hydrogen) atoms. The highest BCUT2D eigenvalue weighted by molar-refractivity contribution is 8.02. The van der Waals surface area contributed by atoms with E-state index in [1.54, 1.807) is 28.5 Å². The molecule has 0 spiro atoms. The van der Waals surface area contributed by atoms with Gasteiger partial charge in [0.25, 0.3) is 0 Å². The number of carbonyl (C=O) groups excluding carboxylic acids is 5. The second-order valence-electron chi connectivity index (χ2n) is 7.06. The summed E-state index contributed by atoms with van der Waals surface area (Å²) in [5, 5.41) is 3.44. The Kier molecular flexibility index (Phi) is 22.8. The van der Waals surface area contributed by atoms with Crippen LogP contribution < -0.4 is 0 Å². The molecular weight excluding hydrogens is 524 g/mol. The quantitative estimate of drug-likeness (QED) is 0.0390. The minimum atomic E-state index is -0.798. The fraction of sp³-hybridized carbons (Fsp3) is 0.560. The zero-order chi connectivity index (χ0) is 27.6. The van der Waals surface area contributed by atoms with Crippen LogP contribution in [-0.2, 0) is 47.7 Å². The number of unbranched alkanes of at least 4 members (excludes halogenated alkanes) is 3. The van der Waals surface area contributed by atoms with Crippen LogP contribution in [0.3, 0.4) is 0 Å². The number of carbonyl (C=O) groups is 5. The number of esters is 5. The van der Waals surface area contributed by atoms with Gasteiger partial charge in [0.1, 0.15) is 6.42 Å². The van der Waals surface area contributed by atoms with Crippen molar-refractivity contribution in [1.82, 2.24) is 0 Å². The largest absolute Gasteiger partial charge is 0.466 e. The molecule has 0 rings (SSSR count). The SMILES string of the molecule is C#CC(=O)OCCCOC(=O)CC(=O)OCCCOC(=O)C=CSCCCCCCS/C=C/C(=O)OC. The number of hydrogen-bond acceptors (Lipinski definition) is 12. The van der Waals surface area contributed by atoms with Gasteiger partial charge in [-0.15, -0.1) is 29.9 Å². The first-order valence-electron chi connectivity index (χ1n) is 11.6. The molecule has 0 aromatic rings. The maximum Gasteiger partial charge on any atom is 0.384 e. The van der Waals surface area contributed by atoms with E-state index >= 15 is 0 Å². The molecule has 0 bridgehead atoms. The Hall–Kier alpha value is -2.91. The molecule has 0 unspecified atom stereocenters. The van der Waals surface area contributed by atoms with E-state index in [1.807, 2.05) is 0 Å². The van der Waals surface area contributed by atoms with Crippen LogP contribution in [-0.4, -0.2) is 74.9 Å². The van der Waals surface area contributed by atoms with E-state index in [2.05, 4.69) is 9.47 Å². The van der Waals surface area contributed by atoms with E-state index in [0.29, 0.717) is 6.42 Å². The van der Waals surface area contributed by atoms with Crippen LogP contribution in [0.1, 0.15) is 44.9 Å². The Morgan fingerprint density at radius 2 is 1.16 bits per heavy atom. The third kappa shape index (κ3) is 24.6. The van der Waals surface area contributed by atoms with Gasteiger partial charge < -0.3 is 23.7 Å². The van der Waals surface area contributed by atoms with Crippen molar-refractivity contribution in [3.8, 4) is 12.3 Å². The summed E-state index contributed by atoms with van der Waals surface area (Å²) in [6, 6.07) is 0. The first-order valence-corrected chi connectivity index (χ1v) is 13.7. The van der Waals surface area contributed by atoms with Gasteiger partial charge in [-0.2, -0.15) is 0 Å². The number of methoxy groups -OCH3 is 1. The highest BCUT2D eigenvalue weighted by Gasteiger charge is 2.12. The molecule has 0 fully saturated rings. The van der Waals surface area contributed by atoms with Gasteiger partial charge in [-0.3, -0.25) is 9.59 Å². The van der Waals surface area contributed by atoms with Crippen LogP contribution in [0.4, 0.5) is 0 Å². The Morgan fingerprint density at radius 3 is 1.68 bits per heavy atom. The topological polar surface area (TPSA) is 132 Å². The Morgan fingerprint density at radius 1 is 0.676 bits per heavy atom. The molecule has 0 saturated heterocycles. The lowest BCUT2D eigenvalue weighted by molar-refractivity contribution is -0.154. The predicted octanol–water partition coefficient (Wildman–Crippen LogP) is 3.19. The first kappa shape index (κ1) is 34.1. The number of ether oxygens (including phenoxy) is 5. The van der Waals surface area contributed by atoms with E-state index < -0.39 is 30.3 Å². The highest BCUT2D eigenvalue weighted by Crippen LogP contribution is 2.12. The number of thioether (sulfide) groups is 2. The molecule has 206 valence electrons. The van der Waals surface area contributed by atoms with Crippen LogP contribution >= 0.6 is 23.5 Å². The fourth-order valence-electron chi connectivity index (χ4n) is 2.27. The van der Waals surface area contributed by atoms with Gasteiger partial charge in [-0.1, -0.05) is 12.8 Å². The summed E-state index contributed by atoms with van der Waals surface area (Å²) in [6.07, 6.45) is 11.9. The predicted molar refractivity (Wildman–Crippen MR) is 140 cm³/mol. The van der Waals surface area contributed by atoms with E-state index in [4.69, 9.17) is 20.6 Å². The van der Waals surface area contributed by atoms with Gasteiger partial charge in [0.2, 0.25) is 0 Å². The van der Waals surface area contributed by atoms with Crippen molar-refractivity contribution in [1.29, 1.82) is 0 Å². The third-order valence-corrected chi connectivity index (χ3v) is 5.77. The standard InChI is InChI=1S/C25H34O10S2/c1-3-21(26)32-12-8-14-34-24(29)20-25(30)35-15-9-13-33-23(28)11-19-37-17-7-5-4-6-16-36-18-10-22(27)31-2/h1,10-11,18-19H,4-9,12-17,20H2,2H3/b18-10+,19-11?. The average molecular weight is 559 g/mol. The molecule has 0 saturated carbocycles. The molecule has 0 aromatic carbocycles. The van der Waals surface area contributed by atoms with Crippen molar-refractivity contribution < 1.29 is 47.7 Å². The summed E-state index contributed by atoms with van der Waals surface area (Å²) in [4.78, 5) is 56.3. The molecule has 0 atom stereocenters. The number of terminal acetylenes is 1. The van der Waals surface area contributed by atoms with Crippen LogP contribution in [0.25, 0.3) is 0 Å². The molecule has 0 aromatic heterocycles. The van der Waals surface area contributed by atoms with E-state index in [9.17, 15) is 24.0 Å². The summed E-state index contributed by atoms with van der Waals surface area (Å²) in [5.41, 5.74) is 0. The fourth-order valence-corrected chi connectivity index (χ4v) is 3.70. The lowest BCUT2D eigenvalue weighted by atomic mass is 10.2. The number of hydrogen-bond donors (Lipinski definition) is 0. The maximum atomic E-state index is 11.6. The molecule has 0 aliphatic heterocycles. The van der Waals surface area contributed by atoms with E-state index in [0.717, 1.165) is 37.2 Å². The highest BCUT2D eigenvalue weighted by atomic mass is 32.2. The molecule has 0 N–H and O–H groups in total. The van der Waals surface area contributed by atoms with Crippen molar-refractivity contribution in [2.45, 2.75) is 44.9 Å². The third-order valence-electron chi connectivity index (χ3n) is 4.06. The summed E-state index contributed by atoms with van der Waals surface area (Å²) in [6.45, 7) is 0.0619. The van der Waals surface area contributed by atoms with Crippen molar-refractivity contribution in [3.63, 3.8) is 0 Å². The molecule has 10 nitrogen and oxygen atoms in total. The van der Waals surface area contributed by atoms with Gasteiger partial charge in [-0.25, -0.2) is 14.4 Å². The van der Waals surface area contributed by atoms with Gasteiger partial charge >= 0.3 is 29.8 Å².